The SMILES string of the molecule is [C-]#[N+]c1ccc(OCC(=O)OCC)c(NC(=O)C(CC(C)C)c2cccc3ccccc23)c1. The Balaban J connectivity index is 1.93. The van der Waals surface area contributed by atoms with E-state index in [1.54, 1.807) is 25.1 Å². The van der Waals surface area contributed by atoms with E-state index in [1.807, 2.05) is 42.5 Å². The van der Waals surface area contributed by atoms with Crippen molar-refractivity contribution in [3.8, 4) is 5.75 Å². The maximum Gasteiger partial charge on any atom is 0.344 e. The first kappa shape index (κ1) is 23.8. The molecule has 6 heteroatoms. The number of fused-ring (bicyclic) bond motifs is 1. The molecule has 0 aliphatic heterocycles. The molecule has 0 bridgehead atoms. The Morgan fingerprint density at radius 1 is 1.06 bits per heavy atom. The van der Waals surface area contributed by atoms with Gasteiger partial charge in [0.2, 0.25) is 5.91 Å². The number of nitrogens with zero attached hydrogens (tertiary/aromatic N) is 1. The Hall–Kier alpha value is -3.85. The zero-order chi connectivity index (χ0) is 23.8. The fourth-order valence-corrected chi connectivity index (χ4v) is 3.77. The van der Waals surface area contributed by atoms with E-state index in [2.05, 4.69) is 24.0 Å². The molecule has 3 aromatic carbocycles. The summed E-state index contributed by atoms with van der Waals surface area (Å²) in [5, 5.41) is 5.06. The van der Waals surface area contributed by atoms with Crippen molar-refractivity contribution >= 4 is 34.0 Å². The Bertz CT molecular complexity index is 1170. The molecule has 33 heavy (non-hydrogen) atoms. The minimum atomic E-state index is -0.502. The van der Waals surface area contributed by atoms with Crippen LogP contribution in [0.25, 0.3) is 15.6 Å². The van der Waals surface area contributed by atoms with Crippen molar-refractivity contribution in [2.24, 2.45) is 5.92 Å². The third-order valence-corrected chi connectivity index (χ3v) is 5.22. The van der Waals surface area contributed by atoms with Crippen LogP contribution < -0.4 is 10.1 Å². The van der Waals surface area contributed by atoms with Gasteiger partial charge in [-0.05, 0) is 47.7 Å². The van der Waals surface area contributed by atoms with Crippen LogP contribution in [0, 0.1) is 12.5 Å². The molecule has 1 unspecified atom stereocenters. The number of carbonyl (C=O) groups excluding carboxylic acids is 2. The van der Waals surface area contributed by atoms with Crippen molar-refractivity contribution in [2.75, 3.05) is 18.5 Å². The van der Waals surface area contributed by atoms with Crippen LogP contribution in [-0.4, -0.2) is 25.1 Å². The maximum atomic E-state index is 13.5. The molecule has 0 radical (unpaired) electrons. The molecule has 0 heterocycles. The van der Waals surface area contributed by atoms with Crippen LogP contribution in [0.2, 0.25) is 0 Å². The van der Waals surface area contributed by atoms with Crippen LogP contribution >= 0.6 is 0 Å². The van der Waals surface area contributed by atoms with E-state index in [-0.39, 0.29) is 25.0 Å². The van der Waals surface area contributed by atoms with E-state index < -0.39 is 11.9 Å². The zero-order valence-corrected chi connectivity index (χ0v) is 19.1. The summed E-state index contributed by atoms with van der Waals surface area (Å²) in [7, 11) is 0. The van der Waals surface area contributed by atoms with E-state index in [1.165, 1.54) is 0 Å². The summed E-state index contributed by atoms with van der Waals surface area (Å²) in [6.07, 6.45) is 0.654. The summed E-state index contributed by atoms with van der Waals surface area (Å²) in [5.74, 6) is -0.495. The first-order valence-electron chi connectivity index (χ1n) is 11.0. The molecule has 0 aliphatic rings. The Labute approximate surface area is 194 Å². The Morgan fingerprint density at radius 2 is 1.82 bits per heavy atom. The summed E-state index contributed by atoms with van der Waals surface area (Å²) in [5.41, 5.74) is 1.67. The van der Waals surface area contributed by atoms with Gasteiger partial charge in [-0.3, -0.25) is 4.79 Å². The summed E-state index contributed by atoms with van der Waals surface area (Å²) >= 11 is 0. The van der Waals surface area contributed by atoms with Gasteiger partial charge in [0.15, 0.2) is 12.3 Å². The minimum Gasteiger partial charge on any atom is -0.480 e. The van der Waals surface area contributed by atoms with Gasteiger partial charge in [0.1, 0.15) is 5.75 Å². The molecule has 1 amide bonds. The smallest absolute Gasteiger partial charge is 0.344 e. The quantitative estimate of drug-likeness (QED) is 0.320. The molecule has 0 aliphatic carbocycles. The van der Waals surface area contributed by atoms with Gasteiger partial charge >= 0.3 is 5.97 Å². The van der Waals surface area contributed by atoms with Gasteiger partial charge in [0.25, 0.3) is 0 Å². The highest BCUT2D eigenvalue weighted by atomic mass is 16.6. The second-order valence-electron chi connectivity index (χ2n) is 8.13. The molecule has 0 saturated carbocycles. The van der Waals surface area contributed by atoms with Crippen LogP contribution in [0.15, 0.2) is 60.7 Å². The Morgan fingerprint density at radius 3 is 2.55 bits per heavy atom. The van der Waals surface area contributed by atoms with Crippen LogP contribution in [0.3, 0.4) is 0 Å². The lowest BCUT2D eigenvalue weighted by Crippen LogP contribution is -2.23. The Kier molecular flexibility index (Phi) is 8.04. The number of hydrogen-bond acceptors (Lipinski definition) is 4. The fraction of sp³-hybridized carbons (Fsp3) is 0.296. The highest BCUT2D eigenvalue weighted by Crippen LogP contribution is 2.34. The average molecular weight is 445 g/mol. The molecule has 3 aromatic rings. The van der Waals surface area contributed by atoms with E-state index in [9.17, 15) is 9.59 Å². The van der Waals surface area contributed by atoms with Gasteiger partial charge in [-0.25, -0.2) is 9.64 Å². The van der Waals surface area contributed by atoms with Crippen molar-refractivity contribution < 1.29 is 19.1 Å². The van der Waals surface area contributed by atoms with Gasteiger partial charge < -0.3 is 14.8 Å². The van der Waals surface area contributed by atoms with E-state index >= 15 is 0 Å². The van der Waals surface area contributed by atoms with Crippen LogP contribution in [0.4, 0.5) is 11.4 Å². The third kappa shape index (κ3) is 6.11. The molecule has 0 fully saturated rings. The minimum absolute atomic E-state index is 0.192. The predicted molar refractivity (Wildman–Crippen MR) is 130 cm³/mol. The topological polar surface area (TPSA) is 69.0 Å². The van der Waals surface area contributed by atoms with Gasteiger partial charge in [0.05, 0.1) is 24.8 Å². The summed E-state index contributed by atoms with van der Waals surface area (Å²) in [6.45, 7) is 13.2. The molecule has 170 valence electrons. The lowest BCUT2D eigenvalue weighted by atomic mass is 9.86. The van der Waals surface area contributed by atoms with Crippen LogP contribution in [0.5, 0.6) is 5.75 Å². The summed E-state index contributed by atoms with van der Waals surface area (Å²) in [6, 6.07) is 18.7. The van der Waals surface area contributed by atoms with Crippen LogP contribution in [-0.2, 0) is 14.3 Å². The molecule has 0 spiro atoms. The molecule has 1 atom stereocenters. The number of benzene rings is 3. The van der Waals surface area contributed by atoms with E-state index in [0.29, 0.717) is 23.5 Å². The fourth-order valence-electron chi connectivity index (χ4n) is 3.77. The van der Waals surface area contributed by atoms with Crippen molar-refractivity contribution in [3.63, 3.8) is 0 Å². The maximum absolute atomic E-state index is 13.5. The molecular formula is C27H28N2O4. The molecule has 0 saturated heterocycles. The average Bonchev–Trinajstić information content (AvgIpc) is 2.81. The summed E-state index contributed by atoms with van der Waals surface area (Å²) < 4.78 is 10.5. The highest BCUT2D eigenvalue weighted by molar-refractivity contribution is 6.00. The van der Waals surface area contributed by atoms with Gasteiger partial charge in [-0.15, -0.1) is 0 Å². The van der Waals surface area contributed by atoms with Crippen molar-refractivity contribution in [3.05, 3.63) is 77.6 Å². The lowest BCUT2D eigenvalue weighted by Gasteiger charge is -2.22. The number of rotatable bonds is 9. The molecular weight excluding hydrogens is 416 g/mol. The third-order valence-electron chi connectivity index (χ3n) is 5.22. The van der Waals surface area contributed by atoms with Gasteiger partial charge in [0, 0.05) is 0 Å². The predicted octanol–water partition coefficient (Wildman–Crippen LogP) is 6.10. The monoisotopic (exact) mass is 444 g/mol. The molecule has 3 rings (SSSR count). The van der Waals surface area contributed by atoms with Gasteiger partial charge in [-0.1, -0.05) is 62.4 Å². The first-order valence-corrected chi connectivity index (χ1v) is 11.0. The van der Waals surface area contributed by atoms with Crippen molar-refractivity contribution in [2.45, 2.75) is 33.1 Å². The zero-order valence-electron chi connectivity index (χ0n) is 19.1. The standard InChI is InChI=1S/C27H28N2O4/c1-5-32-26(30)17-33-25-14-13-20(28-4)16-24(25)29-27(31)23(15-18(2)3)22-12-8-10-19-9-6-7-11-21(19)22/h6-14,16,18,23H,5,15,17H2,1-3H3,(H,29,31). The number of amides is 1. The summed E-state index contributed by atoms with van der Waals surface area (Å²) in [4.78, 5) is 28.7. The first-order chi connectivity index (χ1) is 15.9. The molecule has 6 nitrogen and oxygen atoms in total. The second kappa shape index (κ2) is 11.1. The second-order valence-corrected chi connectivity index (χ2v) is 8.13. The number of anilines is 1. The van der Waals surface area contributed by atoms with Crippen molar-refractivity contribution in [1.29, 1.82) is 0 Å². The largest absolute Gasteiger partial charge is 0.480 e. The number of ether oxygens (including phenoxy) is 2. The highest BCUT2D eigenvalue weighted by Gasteiger charge is 2.25. The normalized spacial score (nSPS) is 11.6. The number of esters is 1. The van der Waals surface area contributed by atoms with E-state index in [0.717, 1.165) is 16.3 Å². The van der Waals surface area contributed by atoms with Gasteiger partial charge in [-0.2, -0.15) is 0 Å². The van der Waals surface area contributed by atoms with Crippen molar-refractivity contribution in [1.82, 2.24) is 0 Å². The number of hydrogen-bond donors (Lipinski definition) is 1. The lowest BCUT2D eigenvalue weighted by molar-refractivity contribution is -0.145. The number of carbonyl (C=O) groups is 2. The van der Waals surface area contributed by atoms with Crippen LogP contribution in [0.1, 0.15) is 38.7 Å². The van der Waals surface area contributed by atoms with E-state index in [4.69, 9.17) is 16.0 Å². The molecule has 1 N–H and O–H groups in total. The molecule has 0 aromatic heterocycles. The number of nitrogens with one attached hydrogen (secondary N) is 1.